The molecule has 0 unspecified atom stereocenters. The lowest BCUT2D eigenvalue weighted by atomic mass is 10.1. The second-order valence-electron chi connectivity index (χ2n) is 10.0. The van der Waals surface area contributed by atoms with Gasteiger partial charge in [-0.25, -0.2) is 8.42 Å². The molecule has 0 saturated heterocycles. The lowest BCUT2D eigenvalue weighted by Crippen LogP contribution is -2.52. The Balaban J connectivity index is 1.70. The van der Waals surface area contributed by atoms with Gasteiger partial charge in [-0.3, -0.25) is 13.9 Å². The van der Waals surface area contributed by atoms with Gasteiger partial charge >= 0.3 is 0 Å². The molecule has 0 radical (unpaired) electrons. The van der Waals surface area contributed by atoms with Crippen LogP contribution in [0.15, 0.2) is 77.7 Å². The summed E-state index contributed by atoms with van der Waals surface area (Å²) >= 11 is 12.3. The first-order valence-corrected chi connectivity index (χ1v) is 15.4. The summed E-state index contributed by atoms with van der Waals surface area (Å²) in [6, 6.07) is 19.2. The van der Waals surface area contributed by atoms with Crippen molar-refractivity contribution in [3.8, 4) is 0 Å². The molecule has 0 aromatic heterocycles. The maximum atomic E-state index is 14.0. The Morgan fingerprint density at radius 3 is 2.25 bits per heavy atom. The zero-order chi connectivity index (χ0) is 28.9. The molecule has 7 nitrogen and oxygen atoms in total. The molecule has 0 spiro atoms. The number of anilines is 1. The molecule has 4 rings (SSSR count). The molecule has 1 aliphatic carbocycles. The van der Waals surface area contributed by atoms with Crippen LogP contribution in [0.5, 0.6) is 0 Å². The third-order valence-electron chi connectivity index (χ3n) is 7.20. The van der Waals surface area contributed by atoms with Crippen LogP contribution in [0, 0.1) is 6.92 Å². The first-order valence-electron chi connectivity index (χ1n) is 13.2. The lowest BCUT2D eigenvalue weighted by Gasteiger charge is -2.33. The van der Waals surface area contributed by atoms with Crippen LogP contribution in [-0.2, 0) is 26.2 Å². The standard InChI is InChI=1S/C30H33Cl2N3O4S/c1-21-10-6-9-15-28(21)35(40(38,39)25-13-4-3-5-14-25)20-29(36)34(19-23-16-17-26(31)27(32)18-23)22(2)30(37)33-24-11-7-8-12-24/h3-6,9-10,13-18,22,24H,7-8,11-12,19-20H2,1-2H3,(H,33,37)/t22-/m0/s1. The molecule has 3 aromatic rings. The topological polar surface area (TPSA) is 86.8 Å². The van der Waals surface area contributed by atoms with E-state index in [1.54, 1.807) is 74.5 Å². The van der Waals surface area contributed by atoms with Crippen LogP contribution < -0.4 is 9.62 Å². The molecule has 1 atom stereocenters. The molecular formula is C30H33Cl2N3O4S. The third kappa shape index (κ3) is 6.97. The molecule has 0 aliphatic heterocycles. The van der Waals surface area contributed by atoms with E-state index >= 15 is 0 Å². The smallest absolute Gasteiger partial charge is 0.264 e. The van der Waals surface area contributed by atoms with Gasteiger partial charge in [0.1, 0.15) is 12.6 Å². The van der Waals surface area contributed by atoms with Gasteiger partial charge in [0.15, 0.2) is 0 Å². The molecule has 2 amide bonds. The number of carbonyl (C=O) groups is 2. The van der Waals surface area contributed by atoms with Gasteiger partial charge < -0.3 is 10.2 Å². The van der Waals surface area contributed by atoms with Crippen molar-refractivity contribution in [2.75, 3.05) is 10.8 Å². The molecule has 1 N–H and O–H groups in total. The SMILES string of the molecule is Cc1ccccc1N(CC(=O)N(Cc1ccc(Cl)c(Cl)c1)[C@@H](C)C(=O)NC1CCCC1)S(=O)(=O)c1ccccc1. The Bertz CT molecular complexity index is 1460. The zero-order valence-electron chi connectivity index (χ0n) is 22.5. The van der Waals surface area contributed by atoms with Crippen LogP contribution in [0.25, 0.3) is 0 Å². The van der Waals surface area contributed by atoms with Gasteiger partial charge in [-0.2, -0.15) is 0 Å². The summed E-state index contributed by atoms with van der Waals surface area (Å²) in [5.74, 6) is -0.809. The number of carbonyl (C=O) groups excluding carboxylic acids is 2. The summed E-state index contributed by atoms with van der Waals surface area (Å²) in [7, 11) is -4.11. The van der Waals surface area contributed by atoms with Crippen molar-refractivity contribution in [3.63, 3.8) is 0 Å². The summed E-state index contributed by atoms with van der Waals surface area (Å²) in [6.07, 6.45) is 3.90. The van der Waals surface area contributed by atoms with E-state index in [0.29, 0.717) is 26.9 Å². The van der Waals surface area contributed by atoms with Crippen LogP contribution in [0.1, 0.15) is 43.7 Å². The highest BCUT2D eigenvalue weighted by Gasteiger charge is 2.33. The zero-order valence-corrected chi connectivity index (χ0v) is 24.8. The van der Waals surface area contributed by atoms with Crippen molar-refractivity contribution >= 4 is 50.7 Å². The number of hydrogen-bond donors (Lipinski definition) is 1. The van der Waals surface area contributed by atoms with Crippen molar-refractivity contribution < 1.29 is 18.0 Å². The third-order valence-corrected chi connectivity index (χ3v) is 9.71. The molecule has 10 heteroatoms. The van der Waals surface area contributed by atoms with E-state index in [-0.39, 0.29) is 23.4 Å². The summed E-state index contributed by atoms with van der Waals surface area (Å²) in [5, 5.41) is 3.75. The molecule has 1 fully saturated rings. The predicted molar refractivity (Wildman–Crippen MR) is 159 cm³/mol. The summed E-state index contributed by atoms with van der Waals surface area (Å²) < 4.78 is 28.8. The van der Waals surface area contributed by atoms with E-state index in [2.05, 4.69) is 5.32 Å². The number of halogens is 2. The number of hydrogen-bond acceptors (Lipinski definition) is 4. The second kappa shape index (κ2) is 13.1. The van der Waals surface area contributed by atoms with Crippen LogP contribution in [-0.4, -0.2) is 43.8 Å². The average molecular weight is 603 g/mol. The first kappa shape index (κ1) is 29.9. The van der Waals surface area contributed by atoms with E-state index in [4.69, 9.17) is 23.2 Å². The van der Waals surface area contributed by atoms with Crippen LogP contribution >= 0.6 is 23.2 Å². The van der Waals surface area contributed by atoms with Crippen LogP contribution in [0.2, 0.25) is 10.0 Å². The maximum Gasteiger partial charge on any atom is 0.264 e. The van der Waals surface area contributed by atoms with Crippen molar-refractivity contribution in [2.24, 2.45) is 0 Å². The number of para-hydroxylation sites is 1. The molecule has 40 heavy (non-hydrogen) atoms. The highest BCUT2D eigenvalue weighted by molar-refractivity contribution is 7.92. The average Bonchev–Trinajstić information content (AvgIpc) is 3.45. The minimum absolute atomic E-state index is 0.0436. The van der Waals surface area contributed by atoms with E-state index in [9.17, 15) is 18.0 Å². The quantitative estimate of drug-likeness (QED) is 0.310. The molecule has 1 aliphatic rings. The number of nitrogens with zero attached hydrogens (tertiary/aromatic N) is 2. The lowest BCUT2D eigenvalue weighted by molar-refractivity contribution is -0.139. The molecule has 3 aromatic carbocycles. The Labute approximate surface area is 246 Å². The van der Waals surface area contributed by atoms with Gasteiger partial charge in [-0.1, -0.05) is 78.5 Å². The number of amides is 2. The molecule has 0 heterocycles. The fourth-order valence-electron chi connectivity index (χ4n) is 4.89. The number of aryl methyl sites for hydroxylation is 1. The summed E-state index contributed by atoms with van der Waals surface area (Å²) in [6.45, 7) is 2.99. The second-order valence-corrected chi connectivity index (χ2v) is 12.7. The fraction of sp³-hybridized carbons (Fsp3) is 0.333. The summed E-state index contributed by atoms with van der Waals surface area (Å²) in [5.41, 5.74) is 1.74. The van der Waals surface area contributed by atoms with Crippen molar-refractivity contribution in [3.05, 3.63) is 94.0 Å². The van der Waals surface area contributed by atoms with Gasteiger partial charge in [-0.15, -0.1) is 0 Å². The maximum absolute atomic E-state index is 14.0. The fourth-order valence-corrected chi connectivity index (χ4v) is 6.71. The number of rotatable bonds is 10. The Morgan fingerprint density at radius 2 is 1.60 bits per heavy atom. The Kier molecular flexibility index (Phi) is 9.77. The number of nitrogens with one attached hydrogen (secondary N) is 1. The molecular weight excluding hydrogens is 569 g/mol. The van der Waals surface area contributed by atoms with E-state index in [0.717, 1.165) is 30.0 Å². The molecule has 212 valence electrons. The van der Waals surface area contributed by atoms with Crippen molar-refractivity contribution in [1.29, 1.82) is 0 Å². The monoisotopic (exact) mass is 601 g/mol. The number of benzene rings is 3. The Morgan fingerprint density at radius 1 is 0.950 bits per heavy atom. The molecule has 0 bridgehead atoms. The van der Waals surface area contributed by atoms with E-state index in [1.807, 2.05) is 0 Å². The highest BCUT2D eigenvalue weighted by Crippen LogP contribution is 2.28. The Hall–Kier alpha value is -3.07. The largest absolute Gasteiger partial charge is 0.352 e. The van der Waals surface area contributed by atoms with Gasteiger partial charge in [0.2, 0.25) is 11.8 Å². The first-order chi connectivity index (χ1) is 19.1. The van der Waals surface area contributed by atoms with E-state index in [1.165, 1.54) is 17.0 Å². The van der Waals surface area contributed by atoms with Crippen LogP contribution in [0.3, 0.4) is 0 Å². The number of sulfonamides is 1. The predicted octanol–water partition coefficient (Wildman–Crippen LogP) is 5.97. The normalized spacial score (nSPS) is 14.5. The van der Waals surface area contributed by atoms with Gasteiger partial charge in [0, 0.05) is 12.6 Å². The minimum Gasteiger partial charge on any atom is -0.352 e. The van der Waals surface area contributed by atoms with Crippen molar-refractivity contribution in [1.82, 2.24) is 10.2 Å². The van der Waals surface area contributed by atoms with E-state index < -0.39 is 28.5 Å². The van der Waals surface area contributed by atoms with Gasteiger partial charge in [0.05, 0.1) is 20.6 Å². The molecule has 1 saturated carbocycles. The van der Waals surface area contributed by atoms with Crippen molar-refractivity contribution in [2.45, 2.75) is 63.1 Å². The summed E-state index contributed by atoms with van der Waals surface area (Å²) in [4.78, 5) is 28.8. The van der Waals surface area contributed by atoms with Crippen LogP contribution in [0.4, 0.5) is 5.69 Å². The highest BCUT2D eigenvalue weighted by atomic mass is 35.5. The van der Waals surface area contributed by atoms with Gasteiger partial charge in [-0.05, 0) is 68.1 Å². The minimum atomic E-state index is -4.11. The van der Waals surface area contributed by atoms with Gasteiger partial charge in [0.25, 0.3) is 10.0 Å².